The first-order valence-corrected chi connectivity index (χ1v) is 12.7. The number of nitrogens with zero attached hydrogens (tertiary/aromatic N) is 1. The first kappa shape index (κ1) is 23.2. The van der Waals surface area contributed by atoms with Crippen LogP contribution < -0.4 is 10.1 Å². The van der Waals surface area contributed by atoms with Gasteiger partial charge >= 0.3 is 6.09 Å². The van der Waals surface area contributed by atoms with E-state index in [1.807, 2.05) is 0 Å². The Kier molecular flexibility index (Phi) is 5.87. The largest absolute Gasteiger partial charge is 0.493 e. The highest BCUT2D eigenvalue weighted by Gasteiger charge is 2.41. The van der Waals surface area contributed by atoms with Crippen molar-refractivity contribution in [3.63, 3.8) is 0 Å². The Bertz CT molecular complexity index is 1060. The smallest absolute Gasteiger partial charge is 0.407 e. The van der Waals surface area contributed by atoms with Crippen LogP contribution in [0.15, 0.2) is 42.5 Å². The van der Waals surface area contributed by atoms with Gasteiger partial charge in [0.1, 0.15) is 11.9 Å². The number of hydrogen-bond donors (Lipinski definition) is 1. The Labute approximate surface area is 203 Å². The molecule has 2 bridgehead atoms. The second-order valence-electron chi connectivity index (χ2n) is 12.0. The maximum atomic E-state index is 13.0. The fourth-order valence-corrected chi connectivity index (χ4v) is 5.62. The summed E-state index contributed by atoms with van der Waals surface area (Å²) in [5, 5.41) is 3.20. The van der Waals surface area contributed by atoms with Gasteiger partial charge in [-0.05, 0) is 60.0 Å². The molecule has 1 amide bonds. The molecule has 0 aliphatic carbocycles. The standard InChI is InChI=1S/C29H38N2O3/c1-28(2,3)22-8-6-7-20(15-22)21-9-10-23-24(16-21)33-18-29(4,5)26(23)30-27(32)34-25-17-31-13-11-19(25)12-14-31/h6-10,15-16,19,25-26H,11-14,17-18H2,1-5H3,(H,30,32)/t25-,26?/m0/s1. The molecule has 4 aliphatic rings. The summed E-state index contributed by atoms with van der Waals surface area (Å²) in [4.78, 5) is 15.4. The van der Waals surface area contributed by atoms with E-state index in [9.17, 15) is 4.79 Å². The summed E-state index contributed by atoms with van der Waals surface area (Å²) < 4.78 is 12.1. The quantitative estimate of drug-likeness (QED) is 0.614. The van der Waals surface area contributed by atoms with Gasteiger partial charge in [0.2, 0.25) is 0 Å². The Morgan fingerprint density at radius 1 is 1.09 bits per heavy atom. The number of alkyl carbamates (subject to hydrolysis) is 1. The molecule has 2 atom stereocenters. The van der Waals surface area contributed by atoms with Crippen LogP contribution in [0.5, 0.6) is 5.75 Å². The monoisotopic (exact) mass is 462 g/mol. The van der Waals surface area contributed by atoms with Crippen LogP contribution >= 0.6 is 0 Å². The summed E-state index contributed by atoms with van der Waals surface area (Å²) in [6.07, 6.45) is 1.94. The minimum absolute atomic E-state index is 0.00221. The molecule has 5 heteroatoms. The highest BCUT2D eigenvalue weighted by molar-refractivity contribution is 5.70. The topological polar surface area (TPSA) is 50.8 Å². The first-order valence-electron chi connectivity index (χ1n) is 12.7. The van der Waals surface area contributed by atoms with E-state index >= 15 is 0 Å². The number of rotatable bonds is 3. The Balaban J connectivity index is 1.36. The predicted molar refractivity (Wildman–Crippen MR) is 135 cm³/mol. The molecule has 4 heterocycles. The fraction of sp³-hybridized carbons (Fsp3) is 0.552. The van der Waals surface area contributed by atoms with Crippen LogP contribution in [-0.4, -0.2) is 43.3 Å². The molecule has 0 spiro atoms. The maximum absolute atomic E-state index is 13.0. The molecule has 0 saturated carbocycles. The molecule has 182 valence electrons. The lowest BCUT2D eigenvalue weighted by atomic mass is 9.78. The van der Waals surface area contributed by atoms with Crippen molar-refractivity contribution in [3.05, 3.63) is 53.6 Å². The van der Waals surface area contributed by atoms with Crippen molar-refractivity contribution in [2.75, 3.05) is 26.2 Å². The number of carbonyl (C=O) groups is 1. The van der Waals surface area contributed by atoms with Crippen molar-refractivity contribution < 1.29 is 14.3 Å². The van der Waals surface area contributed by atoms with E-state index in [2.05, 4.69) is 87.3 Å². The van der Waals surface area contributed by atoms with Crippen LogP contribution in [0.1, 0.15) is 64.6 Å². The molecular formula is C29H38N2O3. The molecule has 5 nitrogen and oxygen atoms in total. The summed E-state index contributed by atoms with van der Waals surface area (Å²) in [5.74, 6) is 1.34. The minimum Gasteiger partial charge on any atom is -0.493 e. The molecule has 4 aliphatic heterocycles. The van der Waals surface area contributed by atoms with Crippen LogP contribution in [0.3, 0.4) is 0 Å². The molecule has 6 rings (SSSR count). The molecule has 1 unspecified atom stereocenters. The third-order valence-electron chi connectivity index (χ3n) is 7.88. The summed E-state index contributed by atoms with van der Waals surface area (Å²) in [6.45, 7) is 14.6. The van der Waals surface area contributed by atoms with Gasteiger partial charge in [0.15, 0.2) is 0 Å². The molecule has 2 aromatic carbocycles. The first-order chi connectivity index (χ1) is 16.1. The minimum atomic E-state index is -0.313. The van der Waals surface area contributed by atoms with Crippen LogP contribution in [0.25, 0.3) is 11.1 Å². The van der Waals surface area contributed by atoms with E-state index in [-0.39, 0.29) is 29.1 Å². The molecule has 3 saturated heterocycles. The van der Waals surface area contributed by atoms with Crippen molar-refractivity contribution in [1.29, 1.82) is 0 Å². The second kappa shape index (κ2) is 8.60. The SMILES string of the molecule is CC(C)(C)c1cccc(-c2ccc3c(c2)OCC(C)(C)C3NC(=O)O[C@H]2CN3CCC2CC3)c1. The zero-order valence-corrected chi connectivity index (χ0v) is 21.2. The van der Waals surface area contributed by atoms with Gasteiger partial charge < -0.3 is 14.8 Å². The van der Waals surface area contributed by atoms with Crippen molar-refractivity contribution in [2.45, 2.75) is 65.0 Å². The van der Waals surface area contributed by atoms with Crippen LogP contribution in [0.2, 0.25) is 0 Å². The Morgan fingerprint density at radius 3 is 2.50 bits per heavy atom. The van der Waals surface area contributed by atoms with Gasteiger partial charge in [-0.3, -0.25) is 4.90 Å². The van der Waals surface area contributed by atoms with Crippen molar-refractivity contribution in [3.8, 4) is 16.9 Å². The summed E-state index contributed by atoms with van der Waals surface area (Å²) in [6, 6.07) is 14.9. The number of nitrogens with one attached hydrogen (secondary N) is 1. The van der Waals surface area contributed by atoms with Gasteiger partial charge in [-0.2, -0.15) is 0 Å². The molecule has 34 heavy (non-hydrogen) atoms. The average Bonchev–Trinajstić information content (AvgIpc) is 2.81. The van der Waals surface area contributed by atoms with E-state index < -0.39 is 0 Å². The highest BCUT2D eigenvalue weighted by atomic mass is 16.6. The number of amides is 1. The van der Waals surface area contributed by atoms with Crippen LogP contribution in [-0.2, 0) is 10.2 Å². The lowest BCUT2D eigenvalue weighted by Crippen LogP contribution is -2.53. The number of ether oxygens (including phenoxy) is 2. The second-order valence-corrected chi connectivity index (χ2v) is 12.0. The van der Waals surface area contributed by atoms with E-state index in [0.29, 0.717) is 12.5 Å². The maximum Gasteiger partial charge on any atom is 0.407 e. The Morgan fingerprint density at radius 2 is 1.82 bits per heavy atom. The van der Waals surface area contributed by atoms with Gasteiger partial charge in [0.05, 0.1) is 12.6 Å². The Hall–Kier alpha value is -2.53. The molecule has 2 aromatic rings. The number of benzene rings is 2. The highest BCUT2D eigenvalue weighted by Crippen LogP contribution is 2.44. The molecule has 0 radical (unpaired) electrons. The van der Waals surface area contributed by atoms with Gasteiger partial charge in [-0.25, -0.2) is 4.79 Å². The zero-order chi connectivity index (χ0) is 24.1. The number of piperidine rings is 3. The van der Waals surface area contributed by atoms with Crippen LogP contribution in [0, 0.1) is 11.3 Å². The van der Waals surface area contributed by atoms with E-state index in [1.54, 1.807) is 0 Å². The lowest BCUT2D eigenvalue weighted by Gasteiger charge is -2.44. The van der Waals surface area contributed by atoms with Gasteiger partial charge in [0, 0.05) is 17.5 Å². The van der Waals surface area contributed by atoms with E-state index in [1.165, 1.54) is 11.1 Å². The molecule has 1 N–H and O–H groups in total. The predicted octanol–water partition coefficient (Wildman–Crippen LogP) is 5.93. The van der Waals surface area contributed by atoms with E-state index in [4.69, 9.17) is 9.47 Å². The number of hydrogen-bond acceptors (Lipinski definition) is 4. The lowest BCUT2D eigenvalue weighted by molar-refractivity contribution is -0.0361. The van der Waals surface area contributed by atoms with Gasteiger partial charge in [-0.1, -0.05) is 71.0 Å². The number of fused-ring (bicyclic) bond motifs is 4. The van der Waals surface area contributed by atoms with Crippen molar-refractivity contribution in [1.82, 2.24) is 10.2 Å². The molecule has 3 fully saturated rings. The fourth-order valence-electron chi connectivity index (χ4n) is 5.62. The van der Waals surface area contributed by atoms with Crippen molar-refractivity contribution in [2.24, 2.45) is 11.3 Å². The summed E-state index contributed by atoms with van der Waals surface area (Å²) in [5.41, 5.74) is 4.47. The third-order valence-corrected chi connectivity index (χ3v) is 7.88. The zero-order valence-electron chi connectivity index (χ0n) is 21.2. The van der Waals surface area contributed by atoms with Crippen molar-refractivity contribution >= 4 is 6.09 Å². The number of carbonyl (C=O) groups excluding carboxylic acids is 1. The third kappa shape index (κ3) is 4.55. The average molecular weight is 463 g/mol. The molecule has 0 aromatic heterocycles. The normalized spacial score (nSPS) is 27.4. The summed E-state index contributed by atoms with van der Waals surface area (Å²) in [7, 11) is 0. The molecular weight excluding hydrogens is 424 g/mol. The summed E-state index contributed by atoms with van der Waals surface area (Å²) >= 11 is 0. The van der Waals surface area contributed by atoms with Gasteiger partial charge in [0.25, 0.3) is 0 Å². The van der Waals surface area contributed by atoms with Gasteiger partial charge in [-0.15, -0.1) is 0 Å². The van der Waals surface area contributed by atoms with Crippen LogP contribution in [0.4, 0.5) is 4.79 Å². The van der Waals surface area contributed by atoms with E-state index in [0.717, 1.165) is 49.4 Å².